The van der Waals surface area contributed by atoms with E-state index in [0.717, 1.165) is 0 Å². The van der Waals surface area contributed by atoms with Gasteiger partial charge < -0.3 is 20.7 Å². The molecule has 0 fully saturated rings. The minimum absolute atomic E-state index is 0.128. The van der Waals surface area contributed by atoms with Gasteiger partial charge in [-0.05, 0) is 41.8 Å². The van der Waals surface area contributed by atoms with Crippen molar-refractivity contribution < 1.29 is 19.1 Å². The molecule has 1 heterocycles. The zero-order chi connectivity index (χ0) is 22.8. The number of anilines is 2. The van der Waals surface area contributed by atoms with Gasteiger partial charge in [0.25, 0.3) is 11.8 Å². The second-order valence-corrected chi connectivity index (χ2v) is 8.56. The van der Waals surface area contributed by atoms with Crippen LogP contribution in [0.15, 0.2) is 70.9 Å². The Morgan fingerprint density at radius 3 is 2.41 bits per heavy atom. The minimum Gasteiger partial charge on any atom is -0.383 e. The normalized spacial score (nSPS) is 10.4. The van der Waals surface area contributed by atoms with Crippen LogP contribution in [0.5, 0.6) is 0 Å². The molecule has 0 saturated carbocycles. The topological polar surface area (TPSA) is 96.5 Å². The number of methoxy groups -OCH3 is 1. The van der Waals surface area contributed by atoms with E-state index in [0.29, 0.717) is 39.9 Å². The highest BCUT2D eigenvalue weighted by Gasteiger charge is 2.14. The number of benzene rings is 2. The van der Waals surface area contributed by atoms with Gasteiger partial charge in [0, 0.05) is 29.9 Å². The molecule has 0 unspecified atom stereocenters. The number of nitrogens with one attached hydrogen (secondary N) is 3. The number of rotatable bonds is 10. The maximum Gasteiger partial charge on any atom is 0.265 e. The highest BCUT2D eigenvalue weighted by atomic mass is 32.2. The molecule has 3 N–H and O–H groups in total. The van der Waals surface area contributed by atoms with E-state index in [1.165, 1.54) is 23.1 Å². The molecule has 0 saturated heterocycles. The summed E-state index contributed by atoms with van der Waals surface area (Å²) in [4.78, 5) is 38.4. The van der Waals surface area contributed by atoms with E-state index in [2.05, 4.69) is 16.0 Å². The predicted molar refractivity (Wildman–Crippen MR) is 129 cm³/mol. The Labute approximate surface area is 194 Å². The molecule has 3 rings (SSSR count). The first-order chi connectivity index (χ1) is 15.6. The average Bonchev–Trinajstić information content (AvgIpc) is 3.33. The summed E-state index contributed by atoms with van der Waals surface area (Å²) in [6, 6.07) is 17.6. The molecule has 2 aromatic carbocycles. The van der Waals surface area contributed by atoms with E-state index in [4.69, 9.17) is 4.74 Å². The van der Waals surface area contributed by atoms with Crippen molar-refractivity contribution in [2.24, 2.45) is 0 Å². The van der Waals surface area contributed by atoms with Crippen LogP contribution in [-0.4, -0.2) is 43.7 Å². The molecule has 9 heteroatoms. The quantitative estimate of drug-likeness (QED) is 0.307. The Morgan fingerprint density at radius 2 is 1.69 bits per heavy atom. The fourth-order valence-electron chi connectivity index (χ4n) is 2.74. The van der Waals surface area contributed by atoms with E-state index < -0.39 is 0 Å². The monoisotopic (exact) mass is 469 g/mol. The molecule has 0 aliphatic carbocycles. The maximum atomic E-state index is 12.9. The van der Waals surface area contributed by atoms with E-state index in [1.54, 1.807) is 55.6 Å². The van der Waals surface area contributed by atoms with E-state index in [9.17, 15) is 14.4 Å². The molecular formula is C23H23N3O4S2. The number of ether oxygens (including phenoxy) is 1. The number of thiophene rings is 1. The van der Waals surface area contributed by atoms with Crippen molar-refractivity contribution in [3.05, 3.63) is 76.5 Å². The summed E-state index contributed by atoms with van der Waals surface area (Å²) < 4.78 is 4.91. The van der Waals surface area contributed by atoms with Gasteiger partial charge in [-0.1, -0.05) is 24.3 Å². The summed E-state index contributed by atoms with van der Waals surface area (Å²) in [7, 11) is 1.57. The molecule has 0 radical (unpaired) electrons. The summed E-state index contributed by atoms with van der Waals surface area (Å²) in [6.45, 7) is 0.889. The smallest absolute Gasteiger partial charge is 0.265 e. The van der Waals surface area contributed by atoms with Gasteiger partial charge >= 0.3 is 0 Å². The lowest BCUT2D eigenvalue weighted by molar-refractivity contribution is -0.118. The number of thioether (sulfide) groups is 1. The lowest BCUT2D eigenvalue weighted by Crippen LogP contribution is -2.28. The Kier molecular flexibility index (Phi) is 8.85. The predicted octanol–water partition coefficient (Wildman–Crippen LogP) is 4.11. The van der Waals surface area contributed by atoms with Gasteiger partial charge in [-0.25, -0.2) is 0 Å². The molecule has 0 aliphatic heterocycles. The second-order valence-electron chi connectivity index (χ2n) is 6.59. The zero-order valence-corrected chi connectivity index (χ0v) is 19.1. The van der Waals surface area contributed by atoms with Crippen LogP contribution in [0.2, 0.25) is 0 Å². The van der Waals surface area contributed by atoms with Crippen LogP contribution in [0.3, 0.4) is 0 Å². The van der Waals surface area contributed by atoms with Crippen LogP contribution in [-0.2, 0) is 9.53 Å². The van der Waals surface area contributed by atoms with Crippen molar-refractivity contribution in [2.75, 3.05) is 36.6 Å². The molecule has 3 aromatic rings. The van der Waals surface area contributed by atoms with Crippen molar-refractivity contribution in [1.29, 1.82) is 0 Å². The number of carbonyl (C=O) groups is 3. The third-order valence-electron chi connectivity index (χ3n) is 4.24. The van der Waals surface area contributed by atoms with Gasteiger partial charge in [0.1, 0.15) is 0 Å². The largest absolute Gasteiger partial charge is 0.383 e. The maximum absolute atomic E-state index is 12.9. The minimum atomic E-state index is -0.297. The highest BCUT2D eigenvalue weighted by molar-refractivity contribution is 8.00. The summed E-state index contributed by atoms with van der Waals surface area (Å²) in [5.41, 5.74) is 1.60. The van der Waals surface area contributed by atoms with Gasteiger partial charge in [0.15, 0.2) is 0 Å². The molecule has 0 spiro atoms. The lowest BCUT2D eigenvalue weighted by Gasteiger charge is -2.11. The molecule has 166 valence electrons. The first-order valence-corrected chi connectivity index (χ1v) is 11.7. The highest BCUT2D eigenvalue weighted by Crippen LogP contribution is 2.24. The molecule has 3 amide bonds. The second kappa shape index (κ2) is 12.0. The molecular weight excluding hydrogens is 446 g/mol. The Balaban J connectivity index is 1.62. The van der Waals surface area contributed by atoms with Gasteiger partial charge in [-0.3, -0.25) is 14.4 Å². The average molecular weight is 470 g/mol. The van der Waals surface area contributed by atoms with Crippen LogP contribution < -0.4 is 16.0 Å². The van der Waals surface area contributed by atoms with Gasteiger partial charge in [-0.15, -0.1) is 23.1 Å². The van der Waals surface area contributed by atoms with Crippen molar-refractivity contribution in [3.63, 3.8) is 0 Å². The number of amides is 3. The third kappa shape index (κ3) is 6.94. The van der Waals surface area contributed by atoms with Gasteiger partial charge in [0.2, 0.25) is 5.91 Å². The molecule has 0 aliphatic rings. The molecule has 1 aromatic heterocycles. The van der Waals surface area contributed by atoms with Gasteiger partial charge in [0.05, 0.1) is 22.8 Å². The van der Waals surface area contributed by atoms with Crippen LogP contribution >= 0.6 is 23.1 Å². The first kappa shape index (κ1) is 23.5. The summed E-state index contributed by atoms with van der Waals surface area (Å²) >= 11 is 2.65. The van der Waals surface area contributed by atoms with Crippen LogP contribution in [0, 0.1) is 0 Å². The van der Waals surface area contributed by atoms with E-state index in [1.807, 2.05) is 17.5 Å². The molecule has 0 atom stereocenters. The van der Waals surface area contributed by atoms with Gasteiger partial charge in [-0.2, -0.15) is 0 Å². The number of carbonyl (C=O) groups excluding carboxylic acids is 3. The van der Waals surface area contributed by atoms with Crippen LogP contribution in [0.1, 0.15) is 20.0 Å². The Morgan fingerprint density at radius 1 is 0.938 bits per heavy atom. The van der Waals surface area contributed by atoms with E-state index in [-0.39, 0.29) is 23.5 Å². The first-order valence-electron chi connectivity index (χ1n) is 9.80. The number of hydrogen-bond acceptors (Lipinski definition) is 6. The Bertz CT molecular complexity index is 1070. The standard InChI is InChI=1S/C23H23N3O4S2/c1-30-12-11-24-21(27)15-32-19-9-3-2-8-18(19)22(28)25-16-6-4-7-17(14-16)26-23(29)20-10-5-13-31-20/h2-10,13-14H,11-12,15H2,1H3,(H,24,27)(H,25,28)(H,26,29). The fraction of sp³-hybridized carbons (Fsp3) is 0.174. The van der Waals surface area contributed by atoms with Crippen molar-refractivity contribution in [3.8, 4) is 0 Å². The van der Waals surface area contributed by atoms with Crippen molar-refractivity contribution in [1.82, 2.24) is 5.32 Å². The van der Waals surface area contributed by atoms with Crippen LogP contribution in [0.4, 0.5) is 11.4 Å². The van der Waals surface area contributed by atoms with Crippen LogP contribution in [0.25, 0.3) is 0 Å². The molecule has 0 bridgehead atoms. The summed E-state index contributed by atoms with van der Waals surface area (Å²) in [5.74, 6) is -0.432. The van der Waals surface area contributed by atoms with Crippen molar-refractivity contribution in [2.45, 2.75) is 4.90 Å². The summed E-state index contributed by atoms with van der Waals surface area (Å²) in [5, 5.41) is 10.3. The lowest BCUT2D eigenvalue weighted by atomic mass is 10.2. The molecule has 7 nitrogen and oxygen atoms in total. The summed E-state index contributed by atoms with van der Waals surface area (Å²) in [6.07, 6.45) is 0. The SMILES string of the molecule is COCCNC(=O)CSc1ccccc1C(=O)Nc1cccc(NC(=O)c2cccs2)c1. The number of hydrogen-bond donors (Lipinski definition) is 3. The Hall–Kier alpha value is -3.14. The van der Waals surface area contributed by atoms with E-state index >= 15 is 0 Å². The zero-order valence-electron chi connectivity index (χ0n) is 17.4. The third-order valence-corrected chi connectivity index (χ3v) is 6.18. The van der Waals surface area contributed by atoms with Crippen molar-refractivity contribution >= 4 is 52.2 Å². The fourth-order valence-corrected chi connectivity index (χ4v) is 4.24. The molecule has 32 heavy (non-hydrogen) atoms.